The van der Waals surface area contributed by atoms with E-state index in [-0.39, 0.29) is 47.6 Å². The van der Waals surface area contributed by atoms with Crippen molar-refractivity contribution in [2.45, 2.75) is 31.1 Å². The van der Waals surface area contributed by atoms with Gasteiger partial charge < -0.3 is 24.1 Å². The number of methoxy groups -OCH3 is 3. The van der Waals surface area contributed by atoms with Gasteiger partial charge in [0.15, 0.2) is 11.5 Å². The van der Waals surface area contributed by atoms with Crippen LogP contribution in [0.5, 0.6) is 28.7 Å². The van der Waals surface area contributed by atoms with Crippen molar-refractivity contribution < 1.29 is 43.2 Å². The highest BCUT2D eigenvalue weighted by molar-refractivity contribution is 6.36. The summed E-state index contributed by atoms with van der Waals surface area (Å²) in [4.78, 5) is 61.5. The Hall–Kier alpha value is -6.76. The standard InChI is InChI=1S/C51H45Cl2N3O9/c1-5-65-43-8-6-7-37(46(43)57)45-35-21-22-36-44(49(60)55(47(36)58)32-16-10-28(11-17-32)9-12-29-25-34(63-3)20-24-42(29)64-4)38(35)27-39-48(59)56(54-41-23-15-31(52)26-40(41)53)50(61)51(39,45)30-13-18-33(62-2)19-14-30/h6-21,23-26,36,38-39,44-45,54,57H,5,22,27H2,1-4H3. The first-order valence-corrected chi connectivity index (χ1v) is 22.0. The number of ether oxygens (including phenoxy) is 4. The zero-order valence-corrected chi connectivity index (χ0v) is 37.4. The molecule has 14 heteroatoms. The van der Waals surface area contributed by atoms with Gasteiger partial charge in [-0.3, -0.25) is 29.5 Å². The molecule has 6 atom stereocenters. The Balaban J connectivity index is 1.14. The van der Waals surface area contributed by atoms with Crippen LogP contribution in [0.2, 0.25) is 10.0 Å². The number of imide groups is 2. The molecule has 12 nitrogen and oxygen atoms in total. The zero-order chi connectivity index (χ0) is 45.7. The van der Waals surface area contributed by atoms with E-state index >= 15 is 9.59 Å². The SMILES string of the molecule is CCOc1cccc(C2C3=CCC4C(=O)N(c5ccc(C=Cc6cc(OC)ccc6OC)cc5)C(=O)C4C3CC3C(=O)N(Nc4ccc(Cl)cc4Cl)C(=O)C32c2ccc(OC)cc2)c1O. The van der Waals surface area contributed by atoms with Crippen molar-refractivity contribution in [3.05, 3.63) is 147 Å². The molecule has 2 N–H and O–H groups in total. The minimum Gasteiger partial charge on any atom is -0.504 e. The number of phenolic OH excluding ortho intramolecular Hbond substituents is 1. The van der Waals surface area contributed by atoms with E-state index < -0.39 is 52.7 Å². The molecule has 3 fully saturated rings. The van der Waals surface area contributed by atoms with Gasteiger partial charge in [0.25, 0.3) is 11.8 Å². The van der Waals surface area contributed by atoms with Crippen molar-refractivity contribution in [1.82, 2.24) is 5.01 Å². The number of halogens is 2. The van der Waals surface area contributed by atoms with E-state index in [9.17, 15) is 14.7 Å². The lowest BCUT2D eigenvalue weighted by atomic mass is 9.49. The fraction of sp³-hybridized carbons (Fsp3) is 0.255. The molecule has 5 aromatic carbocycles. The van der Waals surface area contributed by atoms with Crippen molar-refractivity contribution >= 4 is 70.4 Å². The van der Waals surface area contributed by atoms with Crippen molar-refractivity contribution in [1.29, 1.82) is 0 Å². The largest absolute Gasteiger partial charge is 0.504 e. The molecule has 2 saturated heterocycles. The molecular weight excluding hydrogens is 869 g/mol. The number of rotatable bonds is 12. The Labute approximate surface area is 385 Å². The lowest BCUT2D eigenvalue weighted by Gasteiger charge is -2.50. The molecule has 65 heavy (non-hydrogen) atoms. The number of aromatic hydroxyl groups is 1. The number of allylic oxidation sites excluding steroid dienone is 2. The third-order valence-corrected chi connectivity index (χ3v) is 13.8. The summed E-state index contributed by atoms with van der Waals surface area (Å²) in [5.41, 5.74) is 5.14. The number of nitrogens with zero attached hydrogens (tertiary/aromatic N) is 2. The molecule has 2 aliphatic carbocycles. The molecule has 4 amide bonds. The van der Waals surface area contributed by atoms with Crippen LogP contribution in [0.4, 0.5) is 11.4 Å². The fourth-order valence-corrected chi connectivity index (χ4v) is 10.8. The van der Waals surface area contributed by atoms with Crippen LogP contribution in [0.1, 0.15) is 47.9 Å². The number of phenols is 1. The average molecular weight is 915 g/mol. The maximum absolute atomic E-state index is 15.6. The third kappa shape index (κ3) is 7.16. The van der Waals surface area contributed by atoms with E-state index in [2.05, 4.69) is 5.43 Å². The number of para-hydroxylation sites is 1. The quantitative estimate of drug-likeness (QED) is 0.0706. The summed E-state index contributed by atoms with van der Waals surface area (Å²) in [5, 5.41) is 13.6. The number of nitrogens with one attached hydrogen (secondary N) is 1. The highest BCUT2D eigenvalue weighted by Gasteiger charge is 2.71. The normalized spacial score (nSPS) is 23.5. The smallest absolute Gasteiger partial charge is 0.260 e. The molecule has 0 bridgehead atoms. The summed E-state index contributed by atoms with van der Waals surface area (Å²) < 4.78 is 22.3. The average Bonchev–Trinajstić information content (AvgIpc) is 3.70. The number of fused-ring (bicyclic) bond motifs is 4. The monoisotopic (exact) mass is 913 g/mol. The van der Waals surface area contributed by atoms with E-state index in [1.807, 2.05) is 48.6 Å². The van der Waals surface area contributed by atoms with Crippen molar-refractivity contribution in [3.63, 3.8) is 0 Å². The number of benzene rings is 5. The van der Waals surface area contributed by atoms with Gasteiger partial charge in [0, 0.05) is 22.1 Å². The predicted molar refractivity (Wildman–Crippen MR) is 247 cm³/mol. The molecule has 5 aromatic rings. The number of carbonyl (C=O) groups excluding carboxylic acids is 4. The second-order valence-electron chi connectivity index (χ2n) is 16.4. The van der Waals surface area contributed by atoms with Gasteiger partial charge in [-0.15, -0.1) is 0 Å². The molecule has 1 saturated carbocycles. The topological polar surface area (TPSA) is 144 Å². The van der Waals surface area contributed by atoms with Gasteiger partial charge in [-0.05, 0) is 104 Å². The minimum absolute atomic E-state index is 0.0445. The first-order chi connectivity index (χ1) is 31.4. The maximum Gasteiger partial charge on any atom is 0.260 e. The van der Waals surface area contributed by atoms with Crippen molar-refractivity contribution in [2.75, 3.05) is 38.3 Å². The van der Waals surface area contributed by atoms with Gasteiger partial charge in [0.2, 0.25) is 11.8 Å². The van der Waals surface area contributed by atoms with Crippen LogP contribution < -0.4 is 29.3 Å². The lowest BCUT2D eigenvalue weighted by molar-refractivity contribution is -0.138. The zero-order valence-electron chi connectivity index (χ0n) is 35.9. The third-order valence-electron chi connectivity index (χ3n) is 13.3. The summed E-state index contributed by atoms with van der Waals surface area (Å²) in [6, 6.07) is 29.4. The summed E-state index contributed by atoms with van der Waals surface area (Å²) >= 11 is 12.8. The lowest BCUT2D eigenvalue weighted by Crippen LogP contribution is -2.53. The first kappa shape index (κ1) is 43.5. The van der Waals surface area contributed by atoms with Crippen molar-refractivity contribution in [3.8, 4) is 28.7 Å². The summed E-state index contributed by atoms with van der Waals surface area (Å²) in [7, 11) is 4.73. The van der Waals surface area contributed by atoms with E-state index in [0.717, 1.165) is 16.1 Å². The highest BCUT2D eigenvalue weighted by Crippen LogP contribution is 2.65. The molecule has 0 radical (unpaired) electrons. The Kier molecular flexibility index (Phi) is 11.6. The number of hydrazine groups is 1. The summed E-state index contributed by atoms with van der Waals surface area (Å²) in [5.74, 6) is -4.40. The molecule has 0 spiro atoms. The van der Waals surface area contributed by atoms with Crippen LogP contribution in [0, 0.1) is 23.7 Å². The van der Waals surface area contributed by atoms with Crippen LogP contribution in [0.3, 0.4) is 0 Å². The van der Waals surface area contributed by atoms with Crippen LogP contribution in [0.15, 0.2) is 115 Å². The van der Waals surface area contributed by atoms with Gasteiger partial charge in [0.05, 0.1) is 67.5 Å². The van der Waals surface area contributed by atoms with Gasteiger partial charge in [0.1, 0.15) is 17.2 Å². The fourth-order valence-electron chi connectivity index (χ4n) is 10.4. The molecule has 4 aliphatic rings. The Morgan fingerprint density at radius 1 is 0.785 bits per heavy atom. The summed E-state index contributed by atoms with van der Waals surface area (Å²) in [6.45, 7) is 2.05. The number of hydrogen-bond acceptors (Lipinski definition) is 10. The maximum atomic E-state index is 15.6. The van der Waals surface area contributed by atoms with Gasteiger partial charge >= 0.3 is 0 Å². The van der Waals surface area contributed by atoms with Crippen molar-refractivity contribution in [2.24, 2.45) is 23.7 Å². The Bertz CT molecular complexity index is 2790. The molecular formula is C51H45Cl2N3O9. The van der Waals surface area contributed by atoms with Gasteiger partial charge in [-0.1, -0.05) is 83.4 Å². The second kappa shape index (κ2) is 17.3. The molecule has 2 heterocycles. The number of amides is 4. The first-order valence-electron chi connectivity index (χ1n) is 21.2. The Morgan fingerprint density at radius 2 is 1.52 bits per heavy atom. The van der Waals surface area contributed by atoms with Crippen LogP contribution in [-0.2, 0) is 24.6 Å². The van der Waals surface area contributed by atoms with E-state index in [1.54, 1.807) is 87.9 Å². The predicted octanol–water partition coefficient (Wildman–Crippen LogP) is 9.48. The van der Waals surface area contributed by atoms with Crippen LogP contribution in [-0.4, -0.2) is 61.7 Å². The van der Waals surface area contributed by atoms with Gasteiger partial charge in [-0.25, -0.2) is 0 Å². The second-order valence-corrected chi connectivity index (χ2v) is 17.2. The van der Waals surface area contributed by atoms with E-state index in [1.165, 1.54) is 18.1 Å². The highest BCUT2D eigenvalue weighted by atomic mass is 35.5. The molecule has 6 unspecified atom stereocenters. The molecule has 2 aliphatic heterocycles. The Morgan fingerprint density at radius 3 is 2.22 bits per heavy atom. The molecule has 9 rings (SSSR count). The van der Waals surface area contributed by atoms with E-state index in [4.69, 9.17) is 42.1 Å². The molecule has 332 valence electrons. The van der Waals surface area contributed by atoms with Gasteiger partial charge in [-0.2, -0.15) is 5.01 Å². The van der Waals surface area contributed by atoms with Crippen LogP contribution in [0.25, 0.3) is 12.2 Å². The minimum atomic E-state index is -1.67. The number of hydrogen-bond donors (Lipinski definition) is 2. The number of anilines is 2. The molecule has 0 aromatic heterocycles. The van der Waals surface area contributed by atoms with E-state index in [0.29, 0.717) is 44.7 Å². The van der Waals surface area contributed by atoms with Crippen LogP contribution >= 0.6 is 23.2 Å². The summed E-state index contributed by atoms with van der Waals surface area (Å²) in [6.07, 6.45) is 5.97. The number of carbonyl (C=O) groups is 4.